The third kappa shape index (κ3) is 4.04. The van der Waals surface area contributed by atoms with Gasteiger partial charge < -0.3 is 10.4 Å². The van der Waals surface area contributed by atoms with Crippen molar-refractivity contribution in [3.63, 3.8) is 0 Å². The standard InChI is InChI=1S/C16H16ClN3O3/c1-9(2)14-18-8-11(17)13(19-14)15(21)20-12(16(22)23)10-6-4-3-5-7-10/h3-9,12H,1-2H3,(H,20,21)(H,22,23)/t12-/m1/s1. The van der Waals surface area contributed by atoms with E-state index < -0.39 is 17.9 Å². The van der Waals surface area contributed by atoms with Crippen LogP contribution in [0.5, 0.6) is 0 Å². The van der Waals surface area contributed by atoms with E-state index in [1.165, 1.54) is 6.20 Å². The normalized spacial score (nSPS) is 12.0. The van der Waals surface area contributed by atoms with Crippen molar-refractivity contribution in [2.45, 2.75) is 25.8 Å². The highest BCUT2D eigenvalue weighted by Crippen LogP contribution is 2.18. The predicted molar refractivity (Wildman–Crippen MR) is 85.4 cm³/mol. The van der Waals surface area contributed by atoms with Crippen LogP contribution in [-0.4, -0.2) is 27.0 Å². The molecular formula is C16H16ClN3O3. The molecule has 1 heterocycles. The van der Waals surface area contributed by atoms with Crippen LogP contribution in [0.15, 0.2) is 36.5 Å². The van der Waals surface area contributed by atoms with Crippen LogP contribution in [0.4, 0.5) is 0 Å². The van der Waals surface area contributed by atoms with Gasteiger partial charge in [0.05, 0.1) is 11.2 Å². The van der Waals surface area contributed by atoms with Crippen molar-refractivity contribution in [1.82, 2.24) is 15.3 Å². The molecule has 0 fully saturated rings. The Bertz CT molecular complexity index is 720. The first-order chi connectivity index (χ1) is 10.9. The molecule has 6 nitrogen and oxygen atoms in total. The zero-order chi connectivity index (χ0) is 17.0. The van der Waals surface area contributed by atoms with E-state index >= 15 is 0 Å². The van der Waals surface area contributed by atoms with Crippen molar-refractivity contribution >= 4 is 23.5 Å². The van der Waals surface area contributed by atoms with Gasteiger partial charge in [0.2, 0.25) is 0 Å². The van der Waals surface area contributed by atoms with Crippen LogP contribution in [0.1, 0.15) is 47.7 Å². The van der Waals surface area contributed by atoms with Crippen LogP contribution in [0.2, 0.25) is 5.02 Å². The molecule has 120 valence electrons. The lowest BCUT2D eigenvalue weighted by atomic mass is 10.1. The minimum atomic E-state index is -1.18. The molecule has 0 saturated carbocycles. The molecule has 0 bridgehead atoms. The van der Waals surface area contributed by atoms with Gasteiger partial charge in [-0.2, -0.15) is 0 Å². The molecule has 0 aliphatic carbocycles. The number of carbonyl (C=O) groups is 2. The van der Waals surface area contributed by atoms with Gasteiger partial charge in [-0.15, -0.1) is 0 Å². The fraction of sp³-hybridized carbons (Fsp3) is 0.250. The molecule has 1 atom stereocenters. The molecule has 2 N–H and O–H groups in total. The fourth-order valence-electron chi connectivity index (χ4n) is 1.95. The molecule has 2 aromatic rings. The monoisotopic (exact) mass is 333 g/mol. The number of hydrogen-bond donors (Lipinski definition) is 2. The number of halogens is 1. The summed E-state index contributed by atoms with van der Waals surface area (Å²) in [6.45, 7) is 3.77. The van der Waals surface area contributed by atoms with Crippen LogP contribution < -0.4 is 5.32 Å². The van der Waals surface area contributed by atoms with Gasteiger partial charge in [0, 0.05) is 5.92 Å². The van der Waals surface area contributed by atoms with E-state index in [2.05, 4.69) is 15.3 Å². The summed E-state index contributed by atoms with van der Waals surface area (Å²) in [6, 6.07) is 7.23. The highest BCUT2D eigenvalue weighted by molar-refractivity contribution is 6.33. The van der Waals surface area contributed by atoms with E-state index in [-0.39, 0.29) is 16.6 Å². The van der Waals surface area contributed by atoms with Crippen LogP contribution in [0.3, 0.4) is 0 Å². The molecule has 0 radical (unpaired) electrons. The quantitative estimate of drug-likeness (QED) is 0.877. The number of nitrogens with zero attached hydrogens (tertiary/aromatic N) is 2. The fourth-order valence-corrected chi connectivity index (χ4v) is 2.13. The number of nitrogens with one attached hydrogen (secondary N) is 1. The molecule has 1 aromatic heterocycles. The Labute approximate surface area is 138 Å². The lowest BCUT2D eigenvalue weighted by molar-refractivity contribution is -0.139. The number of hydrogen-bond acceptors (Lipinski definition) is 4. The lowest BCUT2D eigenvalue weighted by Gasteiger charge is -2.15. The third-order valence-electron chi connectivity index (χ3n) is 3.15. The maximum Gasteiger partial charge on any atom is 0.330 e. The Hall–Kier alpha value is -2.47. The summed E-state index contributed by atoms with van der Waals surface area (Å²) in [7, 11) is 0. The molecule has 1 amide bonds. The van der Waals surface area contributed by atoms with Crippen LogP contribution in [0.25, 0.3) is 0 Å². The van der Waals surface area contributed by atoms with Gasteiger partial charge in [0.15, 0.2) is 6.04 Å². The Morgan fingerprint density at radius 2 is 1.87 bits per heavy atom. The Morgan fingerprint density at radius 1 is 1.22 bits per heavy atom. The lowest BCUT2D eigenvalue weighted by Crippen LogP contribution is -2.34. The summed E-state index contributed by atoms with van der Waals surface area (Å²) in [4.78, 5) is 32.0. The van der Waals surface area contributed by atoms with Gasteiger partial charge in [-0.25, -0.2) is 14.8 Å². The molecule has 0 saturated heterocycles. The smallest absolute Gasteiger partial charge is 0.330 e. The van der Waals surface area contributed by atoms with Crippen molar-refractivity contribution in [1.29, 1.82) is 0 Å². The zero-order valence-electron chi connectivity index (χ0n) is 12.7. The van der Waals surface area contributed by atoms with E-state index in [9.17, 15) is 14.7 Å². The summed E-state index contributed by atoms with van der Waals surface area (Å²) in [6.07, 6.45) is 1.34. The van der Waals surface area contributed by atoms with Crippen molar-refractivity contribution in [3.05, 3.63) is 58.6 Å². The second kappa shape index (κ2) is 7.19. The largest absolute Gasteiger partial charge is 0.479 e. The van der Waals surface area contributed by atoms with Gasteiger partial charge in [0.25, 0.3) is 5.91 Å². The summed E-state index contributed by atoms with van der Waals surface area (Å²) in [5, 5.41) is 11.9. The highest BCUT2D eigenvalue weighted by Gasteiger charge is 2.24. The maximum atomic E-state index is 12.4. The molecule has 0 aliphatic rings. The third-order valence-corrected chi connectivity index (χ3v) is 3.43. The first kappa shape index (κ1) is 16.9. The first-order valence-electron chi connectivity index (χ1n) is 7.01. The minimum absolute atomic E-state index is 0.0169. The van der Waals surface area contributed by atoms with Gasteiger partial charge in [0.1, 0.15) is 11.5 Å². The maximum absolute atomic E-state index is 12.4. The van der Waals surface area contributed by atoms with E-state index in [4.69, 9.17) is 11.6 Å². The van der Waals surface area contributed by atoms with Gasteiger partial charge in [-0.3, -0.25) is 4.79 Å². The Morgan fingerprint density at radius 3 is 2.43 bits per heavy atom. The summed E-state index contributed by atoms with van der Waals surface area (Å²) < 4.78 is 0. The molecule has 23 heavy (non-hydrogen) atoms. The summed E-state index contributed by atoms with van der Waals surface area (Å²) in [5.74, 6) is -1.34. The topological polar surface area (TPSA) is 92.2 Å². The Kier molecular flexibility index (Phi) is 5.28. The average molecular weight is 334 g/mol. The first-order valence-corrected chi connectivity index (χ1v) is 7.39. The number of amides is 1. The number of benzene rings is 1. The molecule has 7 heteroatoms. The van der Waals surface area contributed by atoms with Crippen LogP contribution in [0, 0.1) is 0 Å². The number of aromatic nitrogens is 2. The zero-order valence-corrected chi connectivity index (χ0v) is 13.4. The predicted octanol–water partition coefficient (Wildman–Crippen LogP) is 2.81. The van der Waals surface area contributed by atoms with Gasteiger partial charge in [-0.1, -0.05) is 55.8 Å². The number of aliphatic carboxylic acids is 1. The number of rotatable bonds is 5. The molecule has 1 aromatic carbocycles. The summed E-state index contributed by atoms with van der Waals surface area (Å²) in [5.41, 5.74) is 0.426. The van der Waals surface area contributed by atoms with Crippen LogP contribution in [-0.2, 0) is 4.79 Å². The van der Waals surface area contributed by atoms with E-state index in [0.29, 0.717) is 11.4 Å². The Balaban J connectivity index is 2.30. The van der Waals surface area contributed by atoms with Crippen molar-refractivity contribution in [2.75, 3.05) is 0 Å². The van der Waals surface area contributed by atoms with Crippen LogP contribution >= 0.6 is 11.6 Å². The summed E-state index contributed by atoms with van der Waals surface area (Å²) >= 11 is 5.97. The van der Waals surface area contributed by atoms with Gasteiger partial charge in [-0.05, 0) is 5.56 Å². The van der Waals surface area contributed by atoms with Crippen molar-refractivity contribution < 1.29 is 14.7 Å². The number of carboxylic acids is 1. The molecule has 0 aliphatic heterocycles. The minimum Gasteiger partial charge on any atom is -0.479 e. The van der Waals surface area contributed by atoms with E-state index in [0.717, 1.165) is 0 Å². The van der Waals surface area contributed by atoms with Crippen molar-refractivity contribution in [3.8, 4) is 0 Å². The number of carbonyl (C=O) groups excluding carboxylic acids is 1. The van der Waals surface area contributed by atoms with E-state index in [1.54, 1.807) is 30.3 Å². The average Bonchev–Trinajstić information content (AvgIpc) is 2.53. The SMILES string of the molecule is CC(C)c1ncc(Cl)c(C(=O)N[C@@H](C(=O)O)c2ccccc2)n1. The van der Waals surface area contributed by atoms with Crippen molar-refractivity contribution in [2.24, 2.45) is 0 Å². The molecular weight excluding hydrogens is 318 g/mol. The second-order valence-electron chi connectivity index (χ2n) is 5.23. The number of carboxylic acid groups (broad SMARTS) is 1. The second-order valence-corrected chi connectivity index (χ2v) is 5.64. The molecule has 0 spiro atoms. The highest BCUT2D eigenvalue weighted by atomic mass is 35.5. The van der Waals surface area contributed by atoms with Gasteiger partial charge >= 0.3 is 5.97 Å². The van der Waals surface area contributed by atoms with E-state index in [1.807, 2.05) is 13.8 Å². The molecule has 2 rings (SSSR count). The molecule has 0 unspecified atom stereocenters.